The fraction of sp³-hybridized carbons (Fsp3) is 0.533. The normalized spacial score (nSPS) is 16.9. The summed E-state index contributed by atoms with van der Waals surface area (Å²) in [6.07, 6.45) is 0. The van der Waals surface area contributed by atoms with Gasteiger partial charge in [0.2, 0.25) is 0 Å². The minimum absolute atomic E-state index is 0.0830. The number of benzene rings is 1. The molecule has 1 aliphatic rings. The SMILES string of the molecule is CCN1CCNN(C(=O)Nc2c(C)cccc2C)CC1. The van der Waals surface area contributed by atoms with Crippen molar-refractivity contribution in [3.63, 3.8) is 0 Å². The molecule has 20 heavy (non-hydrogen) atoms. The molecule has 0 unspecified atom stereocenters. The van der Waals surface area contributed by atoms with Crippen LogP contribution >= 0.6 is 0 Å². The number of urea groups is 1. The smallest absolute Gasteiger partial charge is 0.306 e. The van der Waals surface area contributed by atoms with Gasteiger partial charge in [0.1, 0.15) is 0 Å². The maximum Gasteiger partial charge on any atom is 0.336 e. The zero-order valence-electron chi connectivity index (χ0n) is 12.6. The molecule has 5 heteroatoms. The van der Waals surface area contributed by atoms with Crippen molar-refractivity contribution >= 4 is 11.7 Å². The second-order valence-electron chi connectivity index (χ2n) is 5.19. The van der Waals surface area contributed by atoms with Gasteiger partial charge in [-0.2, -0.15) is 0 Å². The number of hydrogen-bond donors (Lipinski definition) is 2. The van der Waals surface area contributed by atoms with E-state index < -0.39 is 0 Å². The van der Waals surface area contributed by atoms with Crippen LogP contribution in [-0.2, 0) is 0 Å². The Kier molecular flexibility index (Phi) is 4.98. The molecule has 0 radical (unpaired) electrons. The molecular weight excluding hydrogens is 252 g/mol. The van der Waals surface area contributed by atoms with Crippen molar-refractivity contribution < 1.29 is 4.79 Å². The Morgan fingerprint density at radius 3 is 2.60 bits per heavy atom. The molecule has 2 amide bonds. The summed E-state index contributed by atoms with van der Waals surface area (Å²) in [4.78, 5) is 14.7. The fourth-order valence-corrected chi connectivity index (χ4v) is 2.45. The predicted molar refractivity (Wildman–Crippen MR) is 81.8 cm³/mol. The number of amides is 2. The van der Waals surface area contributed by atoms with Gasteiger partial charge in [-0.05, 0) is 31.5 Å². The second-order valence-corrected chi connectivity index (χ2v) is 5.19. The number of nitrogens with zero attached hydrogens (tertiary/aromatic N) is 2. The van der Waals surface area contributed by atoms with Gasteiger partial charge in [-0.3, -0.25) is 5.01 Å². The Bertz CT molecular complexity index is 455. The van der Waals surface area contributed by atoms with Crippen molar-refractivity contribution in [1.29, 1.82) is 0 Å². The van der Waals surface area contributed by atoms with Crippen LogP contribution < -0.4 is 10.7 Å². The molecule has 110 valence electrons. The quantitative estimate of drug-likeness (QED) is 0.868. The Morgan fingerprint density at radius 1 is 1.25 bits per heavy atom. The van der Waals surface area contributed by atoms with E-state index in [1.54, 1.807) is 5.01 Å². The van der Waals surface area contributed by atoms with Crippen LogP contribution in [0.3, 0.4) is 0 Å². The molecule has 1 aliphatic heterocycles. The molecule has 1 saturated heterocycles. The number of para-hydroxylation sites is 1. The topological polar surface area (TPSA) is 47.6 Å². The first kappa shape index (κ1) is 14.8. The van der Waals surface area contributed by atoms with E-state index in [0.717, 1.165) is 43.0 Å². The Balaban J connectivity index is 2.01. The van der Waals surface area contributed by atoms with E-state index in [9.17, 15) is 4.79 Å². The third-order valence-electron chi connectivity index (χ3n) is 3.78. The largest absolute Gasteiger partial charge is 0.336 e. The third-order valence-corrected chi connectivity index (χ3v) is 3.78. The number of rotatable bonds is 2. The van der Waals surface area contributed by atoms with Gasteiger partial charge in [0.15, 0.2) is 0 Å². The summed E-state index contributed by atoms with van der Waals surface area (Å²) < 4.78 is 0. The molecule has 0 atom stereocenters. The zero-order chi connectivity index (χ0) is 14.5. The van der Waals surface area contributed by atoms with E-state index in [1.165, 1.54) is 0 Å². The van der Waals surface area contributed by atoms with Crippen molar-refractivity contribution in [1.82, 2.24) is 15.3 Å². The molecule has 5 nitrogen and oxygen atoms in total. The van der Waals surface area contributed by atoms with E-state index >= 15 is 0 Å². The van der Waals surface area contributed by atoms with Gasteiger partial charge in [-0.1, -0.05) is 25.1 Å². The lowest BCUT2D eigenvalue weighted by atomic mass is 10.1. The lowest BCUT2D eigenvalue weighted by molar-refractivity contribution is 0.189. The lowest BCUT2D eigenvalue weighted by Crippen LogP contribution is -2.46. The first-order valence-electron chi connectivity index (χ1n) is 7.22. The summed E-state index contributed by atoms with van der Waals surface area (Å²) in [6.45, 7) is 10.6. The highest BCUT2D eigenvalue weighted by molar-refractivity contribution is 5.90. The summed E-state index contributed by atoms with van der Waals surface area (Å²) in [5, 5.41) is 4.70. The summed E-state index contributed by atoms with van der Waals surface area (Å²) >= 11 is 0. The van der Waals surface area contributed by atoms with Crippen molar-refractivity contribution in [2.75, 3.05) is 38.0 Å². The number of carbonyl (C=O) groups is 1. The lowest BCUT2D eigenvalue weighted by Gasteiger charge is -2.22. The molecule has 2 N–H and O–H groups in total. The second kappa shape index (κ2) is 6.72. The maximum atomic E-state index is 12.4. The van der Waals surface area contributed by atoms with Gasteiger partial charge in [0, 0.05) is 25.3 Å². The molecule has 0 aromatic heterocycles. The Morgan fingerprint density at radius 2 is 1.95 bits per heavy atom. The van der Waals surface area contributed by atoms with Crippen LogP contribution in [0.5, 0.6) is 0 Å². The monoisotopic (exact) mass is 276 g/mol. The number of hydrazine groups is 1. The average Bonchev–Trinajstić information content (AvgIpc) is 2.68. The van der Waals surface area contributed by atoms with Crippen LogP contribution in [0.25, 0.3) is 0 Å². The molecule has 0 saturated carbocycles. The van der Waals surface area contributed by atoms with Gasteiger partial charge in [-0.15, -0.1) is 0 Å². The van der Waals surface area contributed by atoms with E-state index in [0.29, 0.717) is 6.54 Å². The molecule has 1 aromatic carbocycles. The van der Waals surface area contributed by atoms with Crippen LogP contribution in [-0.4, -0.2) is 48.7 Å². The van der Waals surface area contributed by atoms with Crippen LogP contribution in [0.2, 0.25) is 0 Å². The standard InChI is InChI=1S/C15H24N4O/c1-4-18-9-8-16-19(11-10-18)15(20)17-14-12(2)6-5-7-13(14)3/h5-7,16H,4,8-11H2,1-3H3,(H,17,20). The number of anilines is 1. The molecular formula is C15H24N4O. The third kappa shape index (κ3) is 3.49. The first-order valence-corrected chi connectivity index (χ1v) is 7.22. The highest BCUT2D eigenvalue weighted by atomic mass is 16.2. The minimum Gasteiger partial charge on any atom is -0.306 e. The highest BCUT2D eigenvalue weighted by Gasteiger charge is 2.19. The summed E-state index contributed by atoms with van der Waals surface area (Å²) in [5.41, 5.74) is 6.27. The average molecular weight is 276 g/mol. The predicted octanol–water partition coefficient (Wildman–Crippen LogP) is 1.98. The molecule has 1 heterocycles. The number of aryl methyl sites for hydroxylation is 2. The van der Waals surface area contributed by atoms with Gasteiger partial charge in [0.05, 0.1) is 6.54 Å². The Labute approximate surface area is 120 Å². The zero-order valence-corrected chi connectivity index (χ0v) is 12.6. The fourth-order valence-electron chi connectivity index (χ4n) is 2.45. The Hall–Kier alpha value is -1.59. The first-order chi connectivity index (χ1) is 9.61. The number of carbonyl (C=O) groups excluding carboxylic acids is 1. The van der Waals surface area contributed by atoms with Gasteiger partial charge in [-0.25, -0.2) is 10.2 Å². The minimum atomic E-state index is -0.0830. The van der Waals surface area contributed by atoms with Gasteiger partial charge >= 0.3 is 6.03 Å². The number of nitrogens with one attached hydrogen (secondary N) is 2. The number of hydrogen-bond acceptors (Lipinski definition) is 3. The molecule has 0 spiro atoms. The number of likely N-dealkylation sites (N-methyl/N-ethyl adjacent to an activating group) is 1. The van der Waals surface area contributed by atoms with Crippen LogP contribution in [0.4, 0.5) is 10.5 Å². The van der Waals surface area contributed by atoms with Crippen molar-refractivity contribution in [2.45, 2.75) is 20.8 Å². The van der Waals surface area contributed by atoms with Crippen LogP contribution in [0, 0.1) is 13.8 Å². The van der Waals surface area contributed by atoms with Crippen LogP contribution in [0.1, 0.15) is 18.1 Å². The van der Waals surface area contributed by atoms with Gasteiger partial charge in [0.25, 0.3) is 0 Å². The summed E-state index contributed by atoms with van der Waals surface area (Å²) in [5.74, 6) is 0. The molecule has 1 aromatic rings. The van der Waals surface area contributed by atoms with Crippen molar-refractivity contribution in [3.05, 3.63) is 29.3 Å². The van der Waals surface area contributed by atoms with Crippen molar-refractivity contribution in [3.8, 4) is 0 Å². The molecule has 0 aliphatic carbocycles. The summed E-state index contributed by atoms with van der Waals surface area (Å²) in [7, 11) is 0. The van der Waals surface area contributed by atoms with E-state index in [2.05, 4.69) is 22.6 Å². The summed E-state index contributed by atoms with van der Waals surface area (Å²) in [6, 6.07) is 5.94. The highest BCUT2D eigenvalue weighted by Crippen LogP contribution is 2.19. The van der Waals surface area contributed by atoms with Gasteiger partial charge < -0.3 is 10.2 Å². The van der Waals surface area contributed by atoms with Crippen molar-refractivity contribution in [2.24, 2.45) is 0 Å². The van der Waals surface area contributed by atoms with E-state index in [1.807, 2.05) is 32.0 Å². The molecule has 2 rings (SSSR count). The van der Waals surface area contributed by atoms with Crippen LogP contribution in [0.15, 0.2) is 18.2 Å². The maximum absolute atomic E-state index is 12.4. The molecule has 0 bridgehead atoms. The van der Waals surface area contributed by atoms with E-state index in [-0.39, 0.29) is 6.03 Å². The van der Waals surface area contributed by atoms with E-state index in [4.69, 9.17) is 0 Å². The molecule has 1 fully saturated rings.